The lowest BCUT2D eigenvalue weighted by Crippen LogP contribution is -2.15. The van der Waals surface area contributed by atoms with E-state index in [1.165, 1.54) is 0 Å². The molecule has 2 aromatic carbocycles. The highest BCUT2D eigenvalue weighted by molar-refractivity contribution is 5.91. The summed E-state index contributed by atoms with van der Waals surface area (Å²) in [6.45, 7) is 3.56. The molecule has 0 spiro atoms. The van der Waals surface area contributed by atoms with E-state index in [4.69, 9.17) is 37.9 Å². The van der Waals surface area contributed by atoms with Gasteiger partial charge in [0.2, 0.25) is 0 Å². The molecule has 246 valence electrons. The maximum atomic E-state index is 11.9. The van der Waals surface area contributed by atoms with Gasteiger partial charge in [-0.05, 0) is 24.3 Å². The quantitative estimate of drug-likeness (QED) is 0.0572. The number of carbonyl (C=O) groups is 2. The van der Waals surface area contributed by atoms with Crippen molar-refractivity contribution in [3.8, 4) is 34.5 Å². The zero-order valence-electron chi connectivity index (χ0n) is 24.0. The van der Waals surface area contributed by atoms with Crippen molar-refractivity contribution < 1.29 is 78.1 Å². The predicted molar refractivity (Wildman–Crippen MR) is 148 cm³/mol. The number of aromatic hydroxyl groups is 6. The topological polar surface area (TPSA) is 229 Å². The molecule has 16 nitrogen and oxygen atoms in total. The second-order valence-corrected chi connectivity index (χ2v) is 8.67. The van der Waals surface area contributed by atoms with E-state index in [1.807, 2.05) is 0 Å². The van der Waals surface area contributed by atoms with E-state index in [9.17, 15) is 40.2 Å². The van der Waals surface area contributed by atoms with Gasteiger partial charge in [0.05, 0.1) is 90.4 Å². The van der Waals surface area contributed by atoms with Crippen LogP contribution < -0.4 is 0 Å². The normalized spacial score (nSPS) is 11.0. The summed E-state index contributed by atoms with van der Waals surface area (Å²) in [4.78, 5) is 23.7. The number of phenolic OH excluding ortho intramolecular Hbond substituents is 6. The van der Waals surface area contributed by atoms with Crippen LogP contribution in [0.3, 0.4) is 0 Å². The van der Waals surface area contributed by atoms with E-state index < -0.39 is 46.4 Å². The van der Waals surface area contributed by atoms with Crippen molar-refractivity contribution in [1.82, 2.24) is 0 Å². The summed E-state index contributed by atoms with van der Waals surface area (Å²) in [6.07, 6.45) is 0. The van der Waals surface area contributed by atoms with Gasteiger partial charge < -0.3 is 68.5 Å². The molecular formula is C28H38O16. The van der Waals surface area contributed by atoms with Crippen LogP contribution in [0.1, 0.15) is 20.7 Å². The van der Waals surface area contributed by atoms with Crippen LogP contribution >= 0.6 is 0 Å². The minimum absolute atomic E-state index is 0.0483. The van der Waals surface area contributed by atoms with Gasteiger partial charge >= 0.3 is 11.9 Å². The first-order valence-electron chi connectivity index (χ1n) is 13.5. The molecule has 0 atom stereocenters. The minimum atomic E-state index is -0.787. The Morgan fingerprint density at radius 3 is 0.818 bits per heavy atom. The lowest BCUT2D eigenvalue weighted by atomic mass is 10.2. The van der Waals surface area contributed by atoms with Crippen molar-refractivity contribution in [2.24, 2.45) is 0 Å². The standard InChI is InChI=1S/C28H38O16/c29-21-15-19(16-22(30)25(21)33)27(35)43-13-11-41-9-7-39-5-3-37-1-2-38-4-6-40-8-10-42-12-14-44-28(36)20-17-23(31)26(34)24(32)18-20/h15-18,29-34H,1-14H2. The molecule has 2 aromatic rings. The van der Waals surface area contributed by atoms with Crippen LogP contribution in [-0.4, -0.2) is 135 Å². The van der Waals surface area contributed by atoms with E-state index >= 15 is 0 Å². The molecule has 0 aliphatic rings. The molecule has 0 aliphatic carbocycles. The molecule has 6 N–H and O–H groups in total. The van der Waals surface area contributed by atoms with Crippen LogP contribution in [0.15, 0.2) is 24.3 Å². The Morgan fingerprint density at radius 2 is 0.591 bits per heavy atom. The van der Waals surface area contributed by atoms with Gasteiger partial charge in [0.25, 0.3) is 0 Å². The number of hydrogen-bond donors (Lipinski definition) is 6. The fourth-order valence-corrected chi connectivity index (χ4v) is 3.20. The fourth-order valence-electron chi connectivity index (χ4n) is 3.20. The monoisotopic (exact) mass is 630 g/mol. The second-order valence-electron chi connectivity index (χ2n) is 8.67. The molecule has 0 saturated heterocycles. The molecule has 16 heteroatoms. The highest BCUT2D eigenvalue weighted by atomic mass is 16.6. The maximum absolute atomic E-state index is 11.9. The number of ether oxygens (including phenoxy) is 8. The van der Waals surface area contributed by atoms with Gasteiger partial charge in [0.15, 0.2) is 34.5 Å². The molecule has 0 bridgehead atoms. The first-order valence-corrected chi connectivity index (χ1v) is 13.5. The molecule has 2 rings (SSSR count). The van der Waals surface area contributed by atoms with Crippen molar-refractivity contribution in [2.45, 2.75) is 0 Å². The van der Waals surface area contributed by atoms with Gasteiger partial charge in [-0.1, -0.05) is 0 Å². The first kappa shape index (κ1) is 36.1. The van der Waals surface area contributed by atoms with Crippen molar-refractivity contribution in [1.29, 1.82) is 0 Å². The second kappa shape index (κ2) is 20.8. The van der Waals surface area contributed by atoms with Gasteiger partial charge in [-0.3, -0.25) is 0 Å². The predicted octanol–water partition coefficient (Wildman–Crippen LogP) is 1.03. The summed E-state index contributed by atoms with van der Waals surface area (Å²) in [5.74, 6) is -5.54. The van der Waals surface area contributed by atoms with Gasteiger partial charge in [0.1, 0.15) is 13.2 Å². The van der Waals surface area contributed by atoms with Crippen LogP contribution in [0, 0.1) is 0 Å². The Morgan fingerprint density at radius 1 is 0.386 bits per heavy atom. The average molecular weight is 631 g/mol. The summed E-state index contributed by atoms with van der Waals surface area (Å²) in [5, 5.41) is 56.3. The Bertz CT molecular complexity index is 1020. The van der Waals surface area contributed by atoms with Gasteiger partial charge in [0, 0.05) is 0 Å². The maximum Gasteiger partial charge on any atom is 0.338 e. The summed E-state index contributed by atoms with van der Waals surface area (Å²) in [6, 6.07) is 3.92. The highest BCUT2D eigenvalue weighted by Gasteiger charge is 2.15. The third-order valence-corrected chi connectivity index (χ3v) is 5.39. The van der Waals surface area contributed by atoms with Gasteiger partial charge in [-0.25, -0.2) is 9.59 Å². The minimum Gasteiger partial charge on any atom is -0.504 e. The number of rotatable bonds is 23. The van der Waals surface area contributed by atoms with E-state index in [0.717, 1.165) is 24.3 Å². The van der Waals surface area contributed by atoms with Crippen LogP contribution in [0.5, 0.6) is 34.5 Å². The number of hydrogen-bond acceptors (Lipinski definition) is 16. The number of carbonyl (C=O) groups excluding carboxylic acids is 2. The van der Waals surface area contributed by atoms with Crippen LogP contribution in [0.25, 0.3) is 0 Å². The van der Waals surface area contributed by atoms with E-state index in [-0.39, 0.29) is 50.8 Å². The Hall–Kier alpha value is -4.06. The molecule has 0 saturated carbocycles. The molecular weight excluding hydrogens is 592 g/mol. The smallest absolute Gasteiger partial charge is 0.338 e. The Labute approximate surface area is 252 Å². The molecule has 44 heavy (non-hydrogen) atoms. The molecule has 0 heterocycles. The number of phenols is 6. The van der Waals surface area contributed by atoms with Crippen LogP contribution in [0.2, 0.25) is 0 Å². The Kier molecular flexibility index (Phi) is 17.1. The summed E-state index contributed by atoms with van der Waals surface area (Å²) >= 11 is 0. The lowest BCUT2D eigenvalue weighted by Gasteiger charge is -2.09. The zero-order chi connectivity index (χ0) is 32.2. The Balaban J connectivity index is 1.29. The molecule has 0 unspecified atom stereocenters. The van der Waals surface area contributed by atoms with E-state index in [1.54, 1.807) is 0 Å². The molecule has 0 fully saturated rings. The van der Waals surface area contributed by atoms with Gasteiger partial charge in [-0.15, -0.1) is 0 Å². The summed E-state index contributed by atoms with van der Waals surface area (Å²) < 4.78 is 42.0. The third kappa shape index (κ3) is 13.9. The number of esters is 2. The van der Waals surface area contributed by atoms with E-state index in [2.05, 4.69) is 0 Å². The van der Waals surface area contributed by atoms with E-state index in [0.29, 0.717) is 52.9 Å². The SMILES string of the molecule is O=C(OCCOCCOCCOCCOCCOCCOCCOC(=O)c1cc(O)c(O)c(O)c1)c1cc(O)c(O)c(O)c1. The van der Waals surface area contributed by atoms with Crippen molar-refractivity contribution in [3.63, 3.8) is 0 Å². The average Bonchev–Trinajstić information content (AvgIpc) is 3.00. The lowest BCUT2D eigenvalue weighted by molar-refractivity contribution is -0.0213. The van der Waals surface area contributed by atoms with Crippen molar-refractivity contribution in [3.05, 3.63) is 35.4 Å². The molecule has 0 aliphatic heterocycles. The zero-order valence-corrected chi connectivity index (χ0v) is 24.0. The summed E-state index contributed by atoms with van der Waals surface area (Å²) in [5.41, 5.74) is -0.224. The molecule has 0 amide bonds. The molecule has 0 radical (unpaired) electrons. The molecule has 0 aromatic heterocycles. The van der Waals surface area contributed by atoms with Crippen LogP contribution in [0.4, 0.5) is 0 Å². The van der Waals surface area contributed by atoms with Crippen LogP contribution in [-0.2, 0) is 37.9 Å². The number of benzene rings is 2. The third-order valence-electron chi connectivity index (χ3n) is 5.39. The summed E-state index contributed by atoms with van der Waals surface area (Å²) in [7, 11) is 0. The highest BCUT2D eigenvalue weighted by Crippen LogP contribution is 2.36. The van der Waals surface area contributed by atoms with Crippen molar-refractivity contribution in [2.75, 3.05) is 92.5 Å². The van der Waals surface area contributed by atoms with Crippen molar-refractivity contribution >= 4 is 11.9 Å². The largest absolute Gasteiger partial charge is 0.504 e. The fraction of sp³-hybridized carbons (Fsp3) is 0.500. The first-order chi connectivity index (χ1) is 21.2. The van der Waals surface area contributed by atoms with Gasteiger partial charge in [-0.2, -0.15) is 0 Å².